The van der Waals surface area contributed by atoms with E-state index in [2.05, 4.69) is 0 Å². The van der Waals surface area contributed by atoms with E-state index in [0.29, 0.717) is 11.3 Å². The van der Waals surface area contributed by atoms with Crippen molar-refractivity contribution in [3.8, 4) is 11.5 Å². The summed E-state index contributed by atoms with van der Waals surface area (Å²) in [5.41, 5.74) is 7.52. The van der Waals surface area contributed by atoms with Gasteiger partial charge in [0.1, 0.15) is 17.3 Å². The lowest BCUT2D eigenvalue weighted by Gasteiger charge is -2.15. The smallest absolute Gasteiger partial charge is 0.132 e. The lowest BCUT2D eigenvalue weighted by Crippen LogP contribution is -2.07. The van der Waals surface area contributed by atoms with Crippen LogP contribution in [0, 0.1) is 12.7 Å². The molecule has 0 aliphatic carbocycles. The molecule has 94 valence electrons. The average Bonchev–Trinajstić information content (AvgIpc) is 2.34. The van der Waals surface area contributed by atoms with Crippen molar-refractivity contribution in [1.82, 2.24) is 0 Å². The summed E-state index contributed by atoms with van der Waals surface area (Å²) < 4.78 is 19.0. The number of nitrogens with two attached hydrogens (primary N) is 1. The minimum absolute atomic E-state index is 0.278. The van der Waals surface area contributed by atoms with Crippen molar-refractivity contribution in [2.45, 2.75) is 19.9 Å². The van der Waals surface area contributed by atoms with Crippen LogP contribution in [0.1, 0.15) is 24.1 Å². The molecule has 0 saturated heterocycles. The highest BCUT2D eigenvalue weighted by atomic mass is 19.1. The quantitative estimate of drug-likeness (QED) is 0.888. The standard InChI is InChI=1S/C15H16FNO/c1-10-5-3-4-6-14(10)18-15-8-7-12(16)9-13(15)11(2)17/h3-9,11H,17H2,1-2H3/t11-/m0/s1. The topological polar surface area (TPSA) is 35.2 Å². The number of hydrogen-bond donors (Lipinski definition) is 1. The van der Waals surface area contributed by atoms with Crippen LogP contribution in [0.3, 0.4) is 0 Å². The van der Waals surface area contributed by atoms with Gasteiger partial charge in [0.15, 0.2) is 0 Å². The van der Waals surface area contributed by atoms with Gasteiger partial charge < -0.3 is 10.5 Å². The molecule has 0 saturated carbocycles. The van der Waals surface area contributed by atoms with Gasteiger partial charge >= 0.3 is 0 Å². The lowest BCUT2D eigenvalue weighted by atomic mass is 10.1. The van der Waals surface area contributed by atoms with Crippen LogP contribution in [0.2, 0.25) is 0 Å². The Morgan fingerprint density at radius 1 is 1.11 bits per heavy atom. The first-order valence-corrected chi connectivity index (χ1v) is 5.86. The number of para-hydroxylation sites is 1. The largest absolute Gasteiger partial charge is 0.457 e. The van der Waals surface area contributed by atoms with E-state index < -0.39 is 0 Å². The van der Waals surface area contributed by atoms with Gasteiger partial charge in [-0.1, -0.05) is 18.2 Å². The molecule has 2 aromatic rings. The van der Waals surface area contributed by atoms with Crippen molar-refractivity contribution < 1.29 is 9.13 Å². The van der Waals surface area contributed by atoms with E-state index in [-0.39, 0.29) is 11.9 Å². The summed E-state index contributed by atoms with van der Waals surface area (Å²) in [5.74, 6) is 1.05. The fourth-order valence-corrected chi connectivity index (χ4v) is 1.76. The van der Waals surface area contributed by atoms with Crippen LogP contribution in [-0.2, 0) is 0 Å². The van der Waals surface area contributed by atoms with Crippen molar-refractivity contribution >= 4 is 0 Å². The molecule has 0 bridgehead atoms. The molecular formula is C15H16FNO. The number of halogens is 1. The normalized spacial score (nSPS) is 12.2. The second-order valence-corrected chi connectivity index (χ2v) is 4.34. The minimum Gasteiger partial charge on any atom is -0.457 e. The molecular weight excluding hydrogens is 229 g/mol. The van der Waals surface area contributed by atoms with E-state index in [1.807, 2.05) is 31.2 Å². The second kappa shape index (κ2) is 5.19. The molecule has 0 radical (unpaired) electrons. The SMILES string of the molecule is Cc1ccccc1Oc1ccc(F)cc1[C@H](C)N. The monoisotopic (exact) mass is 245 g/mol. The molecule has 3 heteroatoms. The Kier molecular flexibility index (Phi) is 3.63. The molecule has 0 aliphatic heterocycles. The maximum Gasteiger partial charge on any atom is 0.132 e. The van der Waals surface area contributed by atoms with Gasteiger partial charge in [-0.05, 0) is 43.7 Å². The third-order valence-electron chi connectivity index (χ3n) is 2.78. The first-order valence-electron chi connectivity index (χ1n) is 5.86. The molecule has 1 atom stereocenters. The Morgan fingerprint density at radius 2 is 1.83 bits per heavy atom. The van der Waals surface area contributed by atoms with Crippen LogP contribution >= 0.6 is 0 Å². The molecule has 0 fully saturated rings. The van der Waals surface area contributed by atoms with Crippen LogP contribution < -0.4 is 10.5 Å². The molecule has 0 unspecified atom stereocenters. The molecule has 18 heavy (non-hydrogen) atoms. The highest BCUT2D eigenvalue weighted by Gasteiger charge is 2.11. The number of benzene rings is 2. The predicted octanol–water partition coefficient (Wildman–Crippen LogP) is 3.95. The van der Waals surface area contributed by atoms with E-state index in [4.69, 9.17) is 10.5 Å². The van der Waals surface area contributed by atoms with Gasteiger partial charge in [0.25, 0.3) is 0 Å². The molecule has 0 heterocycles. The zero-order chi connectivity index (χ0) is 13.1. The van der Waals surface area contributed by atoms with Gasteiger partial charge in [-0.2, -0.15) is 0 Å². The van der Waals surface area contributed by atoms with E-state index in [1.165, 1.54) is 12.1 Å². The summed E-state index contributed by atoms with van der Waals surface area (Å²) >= 11 is 0. The number of ether oxygens (including phenoxy) is 1. The fourth-order valence-electron chi connectivity index (χ4n) is 1.76. The van der Waals surface area contributed by atoms with Crippen molar-refractivity contribution in [3.05, 3.63) is 59.4 Å². The van der Waals surface area contributed by atoms with Crippen LogP contribution in [0.4, 0.5) is 4.39 Å². The molecule has 0 spiro atoms. The molecule has 2 rings (SSSR count). The summed E-state index contributed by atoms with van der Waals surface area (Å²) in [6.45, 7) is 3.77. The van der Waals surface area contributed by atoms with Gasteiger partial charge in [0.2, 0.25) is 0 Å². The average molecular weight is 245 g/mol. The van der Waals surface area contributed by atoms with Gasteiger partial charge in [0.05, 0.1) is 0 Å². The number of aryl methyl sites for hydroxylation is 1. The highest BCUT2D eigenvalue weighted by Crippen LogP contribution is 2.30. The maximum atomic E-state index is 13.2. The molecule has 2 aromatic carbocycles. The first kappa shape index (κ1) is 12.6. The summed E-state index contributed by atoms with van der Waals surface area (Å²) in [5, 5.41) is 0. The molecule has 2 nitrogen and oxygen atoms in total. The molecule has 0 aromatic heterocycles. The Labute approximate surface area is 106 Å². The zero-order valence-electron chi connectivity index (χ0n) is 10.5. The minimum atomic E-state index is -0.306. The summed E-state index contributed by atoms with van der Waals surface area (Å²) in [6.07, 6.45) is 0. The highest BCUT2D eigenvalue weighted by molar-refractivity contribution is 5.42. The van der Waals surface area contributed by atoms with Gasteiger partial charge in [-0.15, -0.1) is 0 Å². The predicted molar refractivity (Wildman–Crippen MR) is 70.3 cm³/mol. The van der Waals surface area contributed by atoms with Crippen molar-refractivity contribution in [2.75, 3.05) is 0 Å². The summed E-state index contributed by atoms with van der Waals surface area (Å²) in [6, 6.07) is 11.8. The molecule has 0 aliphatic rings. The van der Waals surface area contributed by atoms with E-state index >= 15 is 0 Å². The lowest BCUT2D eigenvalue weighted by molar-refractivity contribution is 0.466. The van der Waals surface area contributed by atoms with Gasteiger partial charge in [-0.25, -0.2) is 4.39 Å². The first-order chi connectivity index (χ1) is 8.58. The summed E-state index contributed by atoms with van der Waals surface area (Å²) in [7, 11) is 0. The van der Waals surface area contributed by atoms with Gasteiger partial charge in [-0.3, -0.25) is 0 Å². The van der Waals surface area contributed by atoms with Gasteiger partial charge in [0, 0.05) is 11.6 Å². The maximum absolute atomic E-state index is 13.2. The molecule has 0 amide bonds. The third kappa shape index (κ3) is 2.68. The number of rotatable bonds is 3. The van der Waals surface area contributed by atoms with E-state index in [9.17, 15) is 4.39 Å². The van der Waals surface area contributed by atoms with Crippen LogP contribution in [0.15, 0.2) is 42.5 Å². The van der Waals surface area contributed by atoms with Crippen LogP contribution in [0.5, 0.6) is 11.5 Å². The van der Waals surface area contributed by atoms with E-state index in [0.717, 1.165) is 11.3 Å². The number of hydrogen-bond acceptors (Lipinski definition) is 2. The van der Waals surface area contributed by atoms with Crippen LogP contribution in [-0.4, -0.2) is 0 Å². The Balaban J connectivity index is 2.37. The third-order valence-corrected chi connectivity index (χ3v) is 2.78. The van der Waals surface area contributed by atoms with Crippen molar-refractivity contribution in [3.63, 3.8) is 0 Å². The van der Waals surface area contributed by atoms with Crippen molar-refractivity contribution in [1.29, 1.82) is 0 Å². The summed E-state index contributed by atoms with van der Waals surface area (Å²) in [4.78, 5) is 0. The van der Waals surface area contributed by atoms with Crippen molar-refractivity contribution in [2.24, 2.45) is 5.73 Å². The molecule has 2 N–H and O–H groups in total. The Morgan fingerprint density at radius 3 is 2.50 bits per heavy atom. The van der Waals surface area contributed by atoms with E-state index in [1.54, 1.807) is 13.0 Å². The van der Waals surface area contributed by atoms with Crippen LogP contribution in [0.25, 0.3) is 0 Å². The Bertz CT molecular complexity index is 552. The zero-order valence-corrected chi connectivity index (χ0v) is 10.5. The Hall–Kier alpha value is -1.87. The fraction of sp³-hybridized carbons (Fsp3) is 0.200. The second-order valence-electron chi connectivity index (χ2n) is 4.34.